The van der Waals surface area contributed by atoms with Crippen LogP contribution >= 0.6 is 0 Å². The van der Waals surface area contributed by atoms with Crippen molar-refractivity contribution in [3.05, 3.63) is 12.7 Å². The van der Waals surface area contributed by atoms with Gasteiger partial charge >= 0.3 is 0 Å². The normalized spacial score (nSPS) is 27.1. The number of hydrogen-bond donors (Lipinski definition) is 1. The topological polar surface area (TPSA) is 46.2 Å². The van der Waals surface area contributed by atoms with E-state index in [2.05, 4.69) is 18.8 Å². The van der Waals surface area contributed by atoms with E-state index in [-0.39, 0.29) is 11.3 Å². The Kier molecular flexibility index (Phi) is 4.80. The van der Waals surface area contributed by atoms with Crippen LogP contribution in [-0.4, -0.2) is 32.0 Å². The maximum absolute atomic E-state index is 11.9. The van der Waals surface area contributed by atoms with Crippen molar-refractivity contribution < 1.29 is 8.42 Å². The van der Waals surface area contributed by atoms with Crippen LogP contribution in [0.2, 0.25) is 0 Å². The lowest BCUT2D eigenvalue weighted by Gasteiger charge is -2.28. The lowest BCUT2D eigenvalue weighted by molar-refractivity contribution is 0.480. The van der Waals surface area contributed by atoms with Gasteiger partial charge in [0.05, 0.1) is 11.0 Å². The number of sulfone groups is 1. The minimum atomic E-state index is -2.90. The highest BCUT2D eigenvalue weighted by Crippen LogP contribution is 2.22. The predicted octanol–water partition coefficient (Wildman–Crippen LogP) is 1.51. The van der Waals surface area contributed by atoms with Crippen molar-refractivity contribution >= 4 is 9.84 Å². The summed E-state index contributed by atoms with van der Waals surface area (Å²) in [6.45, 7) is 6.65. The molecule has 2 atom stereocenters. The molecule has 4 heteroatoms. The van der Waals surface area contributed by atoms with Crippen LogP contribution in [0.3, 0.4) is 0 Å². The van der Waals surface area contributed by atoms with Gasteiger partial charge in [-0.1, -0.05) is 19.4 Å². The van der Waals surface area contributed by atoms with Crippen LogP contribution in [0.4, 0.5) is 0 Å². The molecule has 0 aromatic heterocycles. The van der Waals surface area contributed by atoms with E-state index < -0.39 is 9.84 Å². The Labute approximate surface area is 92.9 Å². The predicted molar refractivity (Wildman–Crippen MR) is 63.7 cm³/mol. The smallest absolute Gasteiger partial charge is 0.155 e. The van der Waals surface area contributed by atoms with E-state index in [0.29, 0.717) is 5.75 Å². The highest BCUT2D eigenvalue weighted by atomic mass is 32.2. The zero-order valence-corrected chi connectivity index (χ0v) is 10.2. The first-order valence-corrected chi connectivity index (χ1v) is 7.41. The van der Waals surface area contributed by atoms with Gasteiger partial charge in [0.25, 0.3) is 0 Å². The Balaban J connectivity index is 2.69. The van der Waals surface area contributed by atoms with Gasteiger partial charge in [-0.25, -0.2) is 8.42 Å². The number of nitrogens with one attached hydrogen (secondary N) is 1. The summed E-state index contributed by atoms with van der Waals surface area (Å²) in [6, 6.07) is -0.0738. The molecule has 0 radical (unpaired) electrons. The van der Waals surface area contributed by atoms with Gasteiger partial charge < -0.3 is 5.32 Å². The SMILES string of the molecule is C=CC(NCCC)C1CCCCS1(=O)=O. The molecule has 1 aliphatic rings. The first-order valence-electron chi connectivity index (χ1n) is 5.69. The van der Waals surface area contributed by atoms with Gasteiger partial charge in [0.1, 0.15) is 0 Å². The molecule has 1 saturated heterocycles. The van der Waals surface area contributed by atoms with Crippen molar-refractivity contribution in [2.45, 2.75) is 43.9 Å². The molecule has 88 valence electrons. The highest BCUT2D eigenvalue weighted by molar-refractivity contribution is 7.92. The molecule has 3 nitrogen and oxygen atoms in total. The third-order valence-electron chi connectivity index (χ3n) is 2.91. The van der Waals surface area contributed by atoms with Crippen LogP contribution in [-0.2, 0) is 9.84 Å². The zero-order chi connectivity index (χ0) is 11.3. The Morgan fingerprint density at radius 2 is 2.27 bits per heavy atom. The molecule has 1 heterocycles. The van der Waals surface area contributed by atoms with Gasteiger partial charge in [0.15, 0.2) is 9.84 Å². The fourth-order valence-corrected chi connectivity index (χ4v) is 4.15. The molecule has 0 saturated carbocycles. The number of rotatable bonds is 5. The lowest BCUT2D eigenvalue weighted by atomic mass is 10.1. The summed E-state index contributed by atoms with van der Waals surface area (Å²) in [5.41, 5.74) is 0. The molecule has 2 unspecified atom stereocenters. The molecule has 15 heavy (non-hydrogen) atoms. The van der Waals surface area contributed by atoms with E-state index in [1.807, 2.05) is 0 Å². The summed E-state index contributed by atoms with van der Waals surface area (Å²) in [4.78, 5) is 0. The van der Waals surface area contributed by atoms with E-state index in [4.69, 9.17) is 0 Å². The molecule has 0 aliphatic carbocycles. The molecule has 1 aliphatic heterocycles. The highest BCUT2D eigenvalue weighted by Gasteiger charge is 2.33. The second kappa shape index (κ2) is 5.66. The van der Waals surface area contributed by atoms with Crippen LogP contribution in [0.25, 0.3) is 0 Å². The Bertz CT molecular complexity index is 298. The van der Waals surface area contributed by atoms with E-state index in [0.717, 1.165) is 32.2 Å². The molecule has 0 bridgehead atoms. The Hall–Kier alpha value is -0.350. The first kappa shape index (κ1) is 12.7. The standard InChI is InChI=1S/C11H21NO2S/c1-3-8-12-10(4-2)11-7-5-6-9-15(11,13)14/h4,10-12H,2-3,5-9H2,1H3. The van der Waals surface area contributed by atoms with Gasteiger partial charge in [0, 0.05) is 6.04 Å². The van der Waals surface area contributed by atoms with Crippen molar-refractivity contribution in [1.29, 1.82) is 0 Å². The van der Waals surface area contributed by atoms with Crippen molar-refractivity contribution in [2.24, 2.45) is 0 Å². The van der Waals surface area contributed by atoms with Crippen LogP contribution in [0, 0.1) is 0 Å². The van der Waals surface area contributed by atoms with Gasteiger partial charge in [0.2, 0.25) is 0 Å². The van der Waals surface area contributed by atoms with Gasteiger partial charge in [-0.15, -0.1) is 6.58 Å². The van der Waals surface area contributed by atoms with Gasteiger partial charge in [-0.05, 0) is 25.8 Å². The van der Waals surface area contributed by atoms with Gasteiger partial charge in [-0.3, -0.25) is 0 Å². The second-order valence-corrected chi connectivity index (χ2v) is 6.46. The van der Waals surface area contributed by atoms with Crippen LogP contribution in [0.1, 0.15) is 32.6 Å². The van der Waals surface area contributed by atoms with Crippen LogP contribution in [0.15, 0.2) is 12.7 Å². The zero-order valence-electron chi connectivity index (χ0n) is 9.41. The van der Waals surface area contributed by atoms with Gasteiger partial charge in [-0.2, -0.15) is 0 Å². The lowest BCUT2D eigenvalue weighted by Crippen LogP contribution is -2.45. The maximum Gasteiger partial charge on any atom is 0.155 e. The molecular formula is C11H21NO2S. The average molecular weight is 231 g/mol. The molecule has 1 N–H and O–H groups in total. The molecule has 0 aromatic rings. The van der Waals surface area contributed by atoms with Crippen LogP contribution < -0.4 is 5.32 Å². The number of hydrogen-bond acceptors (Lipinski definition) is 3. The largest absolute Gasteiger partial charge is 0.309 e. The molecule has 0 aromatic carbocycles. The average Bonchev–Trinajstić information content (AvgIpc) is 2.20. The second-order valence-electron chi connectivity index (χ2n) is 4.12. The third kappa shape index (κ3) is 3.31. The molecule has 1 fully saturated rings. The summed E-state index contributed by atoms with van der Waals surface area (Å²) in [7, 11) is -2.90. The van der Waals surface area contributed by atoms with E-state index in [1.54, 1.807) is 6.08 Å². The summed E-state index contributed by atoms with van der Waals surface area (Å²) in [6.07, 6.45) is 5.36. The van der Waals surface area contributed by atoms with Crippen LogP contribution in [0.5, 0.6) is 0 Å². The van der Waals surface area contributed by atoms with E-state index in [1.165, 1.54) is 0 Å². The quantitative estimate of drug-likeness (QED) is 0.730. The van der Waals surface area contributed by atoms with Crippen molar-refractivity contribution in [3.63, 3.8) is 0 Å². The van der Waals surface area contributed by atoms with E-state index >= 15 is 0 Å². The fourth-order valence-electron chi connectivity index (χ4n) is 2.06. The van der Waals surface area contributed by atoms with E-state index in [9.17, 15) is 8.42 Å². The van der Waals surface area contributed by atoms with Crippen molar-refractivity contribution in [3.8, 4) is 0 Å². The molecule has 1 rings (SSSR count). The summed E-state index contributed by atoms with van der Waals surface area (Å²) in [5.74, 6) is 0.343. The van der Waals surface area contributed by atoms with Crippen molar-refractivity contribution in [1.82, 2.24) is 5.32 Å². The summed E-state index contributed by atoms with van der Waals surface area (Å²) < 4.78 is 23.7. The third-order valence-corrected chi connectivity index (χ3v) is 5.22. The molecule has 0 amide bonds. The monoisotopic (exact) mass is 231 g/mol. The maximum atomic E-state index is 11.9. The molecular weight excluding hydrogens is 210 g/mol. The van der Waals surface area contributed by atoms with Crippen molar-refractivity contribution in [2.75, 3.05) is 12.3 Å². The summed E-state index contributed by atoms with van der Waals surface area (Å²) in [5, 5.41) is 2.99. The Morgan fingerprint density at radius 3 is 2.80 bits per heavy atom. The first-order chi connectivity index (χ1) is 7.11. The minimum absolute atomic E-state index is 0.0738. The summed E-state index contributed by atoms with van der Waals surface area (Å²) >= 11 is 0. The molecule has 0 spiro atoms. The Morgan fingerprint density at radius 1 is 1.53 bits per heavy atom. The minimum Gasteiger partial charge on any atom is -0.309 e. The fraction of sp³-hybridized carbons (Fsp3) is 0.818.